The Labute approximate surface area is 94.6 Å². The van der Waals surface area contributed by atoms with Gasteiger partial charge in [0.2, 0.25) is 0 Å². The van der Waals surface area contributed by atoms with Crippen LogP contribution in [0.5, 0.6) is 0 Å². The molecule has 5 nitrogen and oxygen atoms in total. The van der Waals surface area contributed by atoms with Gasteiger partial charge in [-0.25, -0.2) is 0 Å². The van der Waals surface area contributed by atoms with Crippen LogP contribution in [-0.4, -0.2) is 24.8 Å². The zero-order valence-electron chi connectivity index (χ0n) is 8.45. The van der Waals surface area contributed by atoms with Crippen molar-refractivity contribution in [2.45, 2.75) is 27.7 Å². The Bertz CT molecular complexity index is 107. The second kappa shape index (κ2) is 58.0. The monoisotopic (exact) mass is 240 g/mol. The van der Waals surface area contributed by atoms with Gasteiger partial charge in [-0.2, -0.15) is 20.8 Å². The van der Waals surface area contributed by atoms with Gasteiger partial charge in [0.05, 0.1) is 0 Å². The van der Waals surface area contributed by atoms with E-state index in [9.17, 15) is 0 Å². The first-order valence-electron chi connectivity index (χ1n) is 3.02. The van der Waals surface area contributed by atoms with Crippen LogP contribution < -0.4 is 5.11 Å². The fourth-order valence-electron chi connectivity index (χ4n) is 0. The molecule has 0 saturated carbocycles. The summed E-state index contributed by atoms with van der Waals surface area (Å²) < 4.78 is 0. The van der Waals surface area contributed by atoms with Crippen molar-refractivity contribution >= 4 is 24.8 Å². The predicted molar refractivity (Wildman–Crippen MR) is 44.8 cm³/mol. The van der Waals surface area contributed by atoms with E-state index in [1.54, 1.807) is 0 Å². The average molecular weight is 240 g/mol. The summed E-state index contributed by atoms with van der Waals surface area (Å²) in [6.07, 6.45) is 4.50. The Kier molecular flexibility index (Phi) is 121. The molecule has 0 radical (unpaired) electrons. The molecule has 0 aromatic rings. The fraction of sp³-hybridized carbons (Fsp3) is 0.500. The van der Waals surface area contributed by atoms with Crippen molar-refractivity contribution in [2.75, 3.05) is 0 Å². The zero-order chi connectivity index (χ0) is 11.7. The van der Waals surface area contributed by atoms with Crippen molar-refractivity contribution in [3.8, 4) is 0 Å². The van der Waals surface area contributed by atoms with Gasteiger partial charge in [0, 0.05) is 5.97 Å². The Morgan fingerprint density at radius 1 is 0.929 bits per heavy atom. The maximum absolute atomic E-state index is 8.89. The molecule has 6 heteroatoms. The summed E-state index contributed by atoms with van der Waals surface area (Å²) in [5, 5.41) is 8.89. The van der Waals surface area contributed by atoms with Crippen LogP contribution in [0.3, 0.4) is 0 Å². The maximum atomic E-state index is 8.89. The van der Waals surface area contributed by atoms with E-state index >= 15 is 0 Å². The minimum atomic E-state index is -1.08. The molecule has 0 atom stereocenters. The van der Waals surface area contributed by atoms with Gasteiger partial charge in [-0.3, -0.25) is 18.9 Å². The minimum Gasteiger partial charge on any atom is -0.550 e. The molecule has 80 valence electrons. The van der Waals surface area contributed by atoms with Crippen molar-refractivity contribution in [3.63, 3.8) is 0 Å². The van der Waals surface area contributed by atoms with E-state index in [1.165, 1.54) is 39.6 Å². The molecule has 0 unspecified atom stereocenters. The van der Waals surface area contributed by atoms with E-state index in [1.807, 2.05) is 0 Å². The summed E-state index contributed by atoms with van der Waals surface area (Å²) in [5.74, 6) is -1.08. The smallest absolute Gasteiger partial charge is 0.550 e. The van der Waals surface area contributed by atoms with E-state index in [2.05, 4.69) is 0 Å². The molecule has 0 fully saturated rings. The topological polar surface area (TPSA) is 91.3 Å². The van der Waals surface area contributed by atoms with Gasteiger partial charge < -0.3 is 24.3 Å². The molecule has 0 saturated heterocycles. The van der Waals surface area contributed by atoms with Gasteiger partial charge in [0.1, 0.15) is 0 Å². The van der Waals surface area contributed by atoms with Crippen molar-refractivity contribution < 1.29 is 41.6 Å². The van der Waals surface area contributed by atoms with Gasteiger partial charge in [-0.1, -0.05) is 0 Å². The molecule has 0 heterocycles. The van der Waals surface area contributed by atoms with Gasteiger partial charge in [0.25, 0.3) is 0 Å². The second-order valence-corrected chi connectivity index (χ2v) is 1.10. The fourth-order valence-corrected chi connectivity index (χ4v) is 0. The first kappa shape index (κ1) is 29.2. The van der Waals surface area contributed by atoms with E-state index in [0.29, 0.717) is 0 Å². The average Bonchev–Trinajstić information content (AvgIpc) is 1.88. The standard InChI is InChI=1S/C2H4O2.3C2H3O.Cr/c1-2(3)4;3*1-2-3;/h1H3,(H,3,4);3*1H3;/q;3*-1;+4/p-1. The SMILES string of the molecule is CC(=O)[O-].C[C-]=O.C[C-]=O.C[C-]=O.[Cr+4]. The molecule has 0 amide bonds. The number of rotatable bonds is 0. The summed E-state index contributed by atoms with van der Waals surface area (Å²) in [6, 6.07) is 0. The molecule has 0 aliphatic rings. The molecule has 0 aromatic carbocycles. The Morgan fingerprint density at radius 3 is 0.929 bits per heavy atom. The number of hydrogen-bond acceptors (Lipinski definition) is 5. The van der Waals surface area contributed by atoms with Crippen LogP contribution in [-0.2, 0) is 36.5 Å². The van der Waals surface area contributed by atoms with Gasteiger partial charge in [0.15, 0.2) is 0 Å². The van der Waals surface area contributed by atoms with Gasteiger partial charge in [-0.05, 0) is 6.92 Å². The van der Waals surface area contributed by atoms with Gasteiger partial charge in [-0.15, -0.1) is 0 Å². The summed E-state index contributed by atoms with van der Waals surface area (Å²) in [7, 11) is 0. The van der Waals surface area contributed by atoms with Crippen LogP contribution in [0.2, 0.25) is 0 Å². The minimum absolute atomic E-state index is 0. The van der Waals surface area contributed by atoms with Crippen molar-refractivity contribution in [3.05, 3.63) is 0 Å². The Balaban J connectivity index is -0.0000000254. The summed E-state index contributed by atoms with van der Waals surface area (Å²) in [6.45, 7) is 4.93. The Hall–Kier alpha value is -0.988. The number of aliphatic carboxylic acids is 1. The van der Waals surface area contributed by atoms with E-state index in [4.69, 9.17) is 24.3 Å². The molecule has 14 heavy (non-hydrogen) atoms. The molecule has 0 aliphatic heterocycles. The first-order chi connectivity index (χ1) is 5.97. The summed E-state index contributed by atoms with van der Waals surface area (Å²) >= 11 is 0. The van der Waals surface area contributed by atoms with Crippen molar-refractivity contribution in [1.29, 1.82) is 0 Å². The number of carbonyl (C=O) groups excluding carboxylic acids is 4. The number of carboxylic acid groups (broad SMARTS) is 1. The van der Waals surface area contributed by atoms with E-state index in [-0.39, 0.29) is 17.4 Å². The van der Waals surface area contributed by atoms with E-state index < -0.39 is 5.97 Å². The predicted octanol–water partition coefficient (Wildman–Crippen LogP) is -0.898. The van der Waals surface area contributed by atoms with Crippen LogP contribution in [0.25, 0.3) is 0 Å². The Morgan fingerprint density at radius 2 is 0.929 bits per heavy atom. The van der Waals surface area contributed by atoms with Crippen molar-refractivity contribution in [2.24, 2.45) is 0 Å². The third-order valence-corrected chi connectivity index (χ3v) is 0. The quantitative estimate of drug-likeness (QED) is 0.512. The molecule has 0 aromatic heterocycles. The number of hydrogen-bond donors (Lipinski definition) is 0. The van der Waals surface area contributed by atoms with Crippen LogP contribution in [0.1, 0.15) is 27.7 Å². The largest absolute Gasteiger partial charge is 4.00 e. The van der Waals surface area contributed by atoms with Crippen LogP contribution >= 0.6 is 0 Å². The first-order valence-corrected chi connectivity index (χ1v) is 3.02. The molecular formula is C8H12CrO5. The van der Waals surface area contributed by atoms with Crippen LogP contribution in [0, 0.1) is 0 Å². The maximum Gasteiger partial charge on any atom is 4.00 e. The van der Waals surface area contributed by atoms with E-state index in [0.717, 1.165) is 6.92 Å². The van der Waals surface area contributed by atoms with Crippen LogP contribution in [0.15, 0.2) is 0 Å². The van der Waals surface area contributed by atoms with Crippen molar-refractivity contribution in [1.82, 2.24) is 0 Å². The number of carbonyl (C=O) groups is 1. The summed E-state index contributed by atoms with van der Waals surface area (Å²) in [4.78, 5) is 34.9. The second-order valence-electron chi connectivity index (χ2n) is 1.10. The zero-order valence-corrected chi connectivity index (χ0v) is 9.72. The third-order valence-electron chi connectivity index (χ3n) is 0. The molecular weight excluding hydrogens is 228 g/mol. The molecule has 0 spiro atoms. The molecule has 0 rings (SSSR count). The van der Waals surface area contributed by atoms with Gasteiger partial charge >= 0.3 is 17.4 Å². The summed E-state index contributed by atoms with van der Waals surface area (Å²) in [5.41, 5.74) is 0. The normalized spacial score (nSPS) is 4.57. The van der Waals surface area contributed by atoms with Crippen LogP contribution in [0.4, 0.5) is 0 Å². The molecule has 0 N–H and O–H groups in total. The number of carboxylic acids is 1. The molecule has 0 aliphatic carbocycles. The molecule has 0 bridgehead atoms. The third kappa shape index (κ3) is 1130.